The van der Waals surface area contributed by atoms with E-state index < -0.39 is 0 Å². The number of rotatable bonds is 3. The molecule has 20 heavy (non-hydrogen) atoms. The molecule has 0 bridgehead atoms. The molecule has 0 N–H and O–H groups in total. The van der Waals surface area contributed by atoms with Gasteiger partial charge >= 0.3 is 0 Å². The molecule has 0 aromatic carbocycles. The van der Waals surface area contributed by atoms with Crippen molar-refractivity contribution in [1.82, 2.24) is 9.88 Å². The fourth-order valence-electron chi connectivity index (χ4n) is 2.77. The van der Waals surface area contributed by atoms with E-state index in [0.717, 1.165) is 24.8 Å². The summed E-state index contributed by atoms with van der Waals surface area (Å²) < 4.78 is 11.1. The van der Waals surface area contributed by atoms with Gasteiger partial charge in [-0.25, -0.2) is 4.98 Å². The van der Waals surface area contributed by atoms with E-state index in [1.807, 2.05) is 5.38 Å². The fourth-order valence-corrected chi connectivity index (χ4v) is 3.32. The van der Waals surface area contributed by atoms with E-state index in [-0.39, 0.29) is 12.0 Å². The number of hydrogen-bond donors (Lipinski definition) is 0. The van der Waals surface area contributed by atoms with Gasteiger partial charge in [0.25, 0.3) is 11.1 Å². The smallest absolute Gasteiger partial charge is 0.290 e. The number of hydrogen-bond acceptors (Lipinski definition) is 5. The maximum absolute atomic E-state index is 12.4. The van der Waals surface area contributed by atoms with E-state index in [1.165, 1.54) is 16.9 Å². The Hall–Kier alpha value is -1.82. The lowest BCUT2D eigenvalue weighted by atomic mass is 10.1. The summed E-state index contributed by atoms with van der Waals surface area (Å²) in [6.07, 6.45) is 6.61. The van der Waals surface area contributed by atoms with Gasteiger partial charge in [-0.2, -0.15) is 0 Å². The zero-order valence-electron chi connectivity index (χ0n) is 10.9. The summed E-state index contributed by atoms with van der Waals surface area (Å²) in [7, 11) is 0. The number of carbonyl (C=O) groups is 1. The highest BCUT2D eigenvalue weighted by Crippen LogP contribution is 2.29. The Kier molecular flexibility index (Phi) is 2.77. The minimum absolute atomic E-state index is 0.00728. The number of furan rings is 1. The van der Waals surface area contributed by atoms with Gasteiger partial charge < -0.3 is 14.1 Å². The quantitative estimate of drug-likeness (QED) is 0.869. The second-order valence-electron chi connectivity index (χ2n) is 5.17. The molecule has 0 saturated carbocycles. The van der Waals surface area contributed by atoms with Crippen molar-refractivity contribution < 1.29 is 13.9 Å². The SMILES string of the molecule is O=C(c1occ2c1CCC2)N1CC(Oc2nccs2)C1. The first-order chi connectivity index (χ1) is 9.81. The van der Waals surface area contributed by atoms with Gasteiger partial charge in [0.1, 0.15) is 6.10 Å². The number of aromatic nitrogens is 1. The second-order valence-corrected chi connectivity index (χ2v) is 6.03. The molecule has 0 radical (unpaired) electrons. The van der Waals surface area contributed by atoms with Crippen LogP contribution in [0.25, 0.3) is 0 Å². The molecule has 2 aliphatic rings. The van der Waals surface area contributed by atoms with Crippen LogP contribution in [0, 0.1) is 0 Å². The number of nitrogens with zero attached hydrogens (tertiary/aromatic N) is 2. The maximum atomic E-state index is 12.4. The first kappa shape index (κ1) is 12.0. The lowest BCUT2D eigenvalue weighted by molar-refractivity contribution is 0.0153. The predicted octanol–water partition coefficient (Wildman–Crippen LogP) is 2.13. The van der Waals surface area contributed by atoms with Crippen molar-refractivity contribution in [2.75, 3.05) is 13.1 Å². The van der Waals surface area contributed by atoms with Crippen LogP contribution in [-0.2, 0) is 12.8 Å². The van der Waals surface area contributed by atoms with Gasteiger partial charge in [-0.3, -0.25) is 4.79 Å². The highest BCUT2D eigenvalue weighted by atomic mass is 32.1. The molecule has 0 unspecified atom stereocenters. The standard InChI is InChI=1S/C14H14N2O3S/c17-13(12-11-3-1-2-9(11)8-18-12)16-6-10(7-16)19-14-15-4-5-20-14/h4-5,8,10H,1-3,6-7H2. The third-order valence-corrected chi connectivity index (χ3v) is 4.52. The van der Waals surface area contributed by atoms with Crippen LogP contribution in [0.4, 0.5) is 0 Å². The summed E-state index contributed by atoms with van der Waals surface area (Å²) in [5.74, 6) is 0.525. The summed E-state index contributed by atoms with van der Waals surface area (Å²) >= 11 is 1.47. The molecule has 104 valence electrons. The van der Waals surface area contributed by atoms with Crippen LogP contribution in [0.2, 0.25) is 0 Å². The van der Waals surface area contributed by atoms with Crippen molar-refractivity contribution in [3.63, 3.8) is 0 Å². The van der Waals surface area contributed by atoms with Crippen molar-refractivity contribution in [3.05, 3.63) is 34.7 Å². The minimum Gasteiger partial charge on any atom is -0.463 e. The molecule has 3 heterocycles. The zero-order chi connectivity index (χ0) is 13.5. The van der Waals surface area contributed by atoms with Crippen molar-refractivity contribution in [3.8, 4) is 5.19 Å². The Morgan fingerprint density at radius 2 is 2.35 bits per heavy atom. The first-order valence-corrected chi connectivity index (χ1v) is 7.64. The first-order valence-electron chi connectivity index (χ1n) is 6.76. The molecule has 6 heteroatoms. The molecule has 4 rings (SSSR count). The Labute approximate surface area is 120 Å². The van der Waals surface area contributed by atoms with E-state index in [0.29, 0.717) is 24.0 Å². The fraction of sp³-hybridized carbons (Fsp3) is 0.429. The Morgan fingerprint density at radius 1 is 1.45 bits per heavy atom. The molecule has 0 spiro atoms. The van der Waals surface area contributed by atoms with Crippen molar-refractivity contribution in [1.29, 1.82) is 0 Å². The van der Waals surface area contributed by atoms with Crippen molar-refractivity contribution in [2.45, 2.75) is 25.4 Å². The second kappa shape index (κ2) is 4.63. The summed E-state index contributed by atoms with van der Waals surface area (Å²) in [6, 6.07) is 0. The molecule has 2 aromatic rings. The largest absolute Gasteiger partial charge is 0.463 e. The third kappa shape index (κ3) is 1.91. The number of aryl methyl sites for hydroxylation is 1. The van der Waals surface area contributed by atoms with Crippen LogP contribution >= 0.6 is 11.3 Å². The highest BCUT2D eigenvalue weighted by Gasteiger charge is 2.36. The van der Waals surface area contributed by atoms with E-state index >= 15 is 0 Å². The molecule has 2 aromatic heterocycles. The molecule has 1 aliphatic heterocycles. The average Bonchev–Trinajstić information content (AvgIpc) is 3.08. The highest BCUT2D eigenvalue weighted by molar-refractivity contribution is 7.11. The third-order valence-electron chi connectivity index (χ3n) is 3.86. The lowest BCUT2D eigenvalue weighted by Crippen LogP contribution is -2.56. The summed E-state index contributed by atoms with van der Waals surface area (Å²) in [6.45, 7) is 1.21. The Morgan fingerprint density at radius 3 is 3.15 bits per heavy atom. The van der Waals surface area contributed by atoms with E-state index in [4.69, 9.17) is 9.15 Å². The Balaban J connectivity index is 1.39. The van der Waals surface area contributed by atoms with Gasteiger partial charge in [0, 0.05) is 17.1 Å². The number of likely N-dealkylation sites (tertiary alicyclic amines) is 1. The molecule has 5 nitrogen and oxygen atoms in total. The lowest BCUT2D eigenvalue weighted by Gasteiger charge is -2.37. The molecule has 1 aliphatic carbocycles. The van der Waals surface area contributed by atoms with E-state index in [2.05, 4.69) is 4.98 Å². The molecule has 1 amide bonds. The monoisotopic (exact) mass is 290 g/mol. The number of ether oxygens (including phenoxy) is 1. The van der Waals surface area contributed by atoms with Gasteiger partial charge in [0.05, 0.1) is 19.4 Å². The van der Waals surface area contributed by atoms with Gasteiger partial charge in [-0.1, -0.05) is 11.3 Å². The van der Waals surface area contributed by atoms with Crippen molar-refractivity contribution in [2.24, 2.45) is 0 Å². The number of fused-ring (bicyclic) bond motifs is 1. The molecule has 1 fully saturated rings. The van der Waals surface area contributed by atoms with Crippen molar-refractivity contribution >= 4 is 17.2 Å². The van der Waals surface area contributed by atoms with Gasteiger partial charge in [-0.15, -0.1) is 0 Å². The summed E-state index contributed by atoms with van der Waals surface area (Å²) in [4.78, 5) is 18.2. The van der Waals surface area contributed by atoms with Crippen LogP contribution in [0.5, 0.6) is 5.19 Å². The number of amides is 1. The van der Waals surface area contributed by atoms with Gasteiger partial charge in [0.2, 0.25) is 0 Å². The normalized spacial score (nSPS) is 17.9. The summed E-state index contributed by atoms with van der Waals surface area (Å²) in [5.41, 5.74) is 2.31. The maximum Gasteiger partial charge on any atom is 0.290 e. The van der Waals surface area contributed by atoms with Crippen LogP contribution in [0.3, 0.4) is 0 Å². The van der Waals surface area contributed by atoms with E-state index in [9.17, 15) is 4.79 Å². The topological polar surface area (TPSA) is 55.6 Å². The zero-order valence-corrected chi connectivity index (χ0v) is 11.7. The van der Waals surface area contributed by atoms with Crippen LogP contribution in [0.15, 0.2) is 22.3 Å². The summed E-state index contributed by atoms with van der Waals surface area (Å²) in [5, 5.41) is 2.55. The molecule has 1 saturated heterocycles. The minimum atomic E-state index is -0.00728. The van der Waals surface area contributed by atoms with E-state index in [1.54, 1.807) is 17.4 Å². The molecular weight excluding hydrogens is 276 g/mol. The predicted molar refractivity (Wildman–Crippen MR) is 73.2 cm³/mol. The van der Waals surface area contributed by atoms with Gasteiger partial charge in [0.15, 0.2) is 5.76 Å². The van der Waals surface area contributed by atoms with Crippen LogP contribution in [-0.4, -0.2) is 35.0 Å². The number of thiazole rings is 1. The Bertz CT molecular complexity index is 629. The molecule has 0 atom stereocenters. The van der Waals surface area contributed by atoms with Crippen LogP contribution in [0.1, 0.15) is 28.1 Å². The van der Waals surface area contributed by atoms with Crippen LogP contribution < -0.4 is 4.74 Å². The number of carbonyl (C=O) groups excluding carboxylic acids is 1. The molecular formula is C14H14N2O3S. The average molecular weight is 290 g/mol. The van der Waals surface area contributed by atoms with Gasteiger partial charge in [-0.05, 0) is 24.8 Å².